The van der Waals surface area contributed by atoms with E-state index in [1.165, 1.54) is 0 Å². The van der Waals surface area contributed by atoms with E-state index in [9.17, 15) is 0 Å². The molecule has 0 aliphatic heterocycles. The first-order valence-electron chi connectivity index (χ1n) is 3.15. The number of nitrogens with two attached hydrogens (primary N) is 1. The van der Waals surface area contributed by atoms with Gasteiger partial charge in [-0.2, -0.15) is 0 Å². The van der Waals surface area contributed by atoms with Crippen LogP contribution in [0, 0.1) is 0 Å². The van der Waals surface area contributed by atoms with Crippen LogP contribution in [0.25, 0.3) is 0 Å². The molecule has 0 aliphatic rings. The van der Waals surface area contributed by atoms with Crippen molar-refractivity contribution < 1.29 is 9.84 Å². The Hall–Kier alpha value is -0.120. The molecule has 0 heterocycles. The Bertz CT molecular complexity index is 64.1. The molecule has 56 valence electrons. The van der Waals surface area contributed by atoms with Crippen molar-refractivity contribution in [3.8, 4) is 0 Å². The van der Waals surface area contributed by atoms with Crippen LogP contribution >= 0.6 is 0 Å². The minimum Gasteiger partial charge on any atom is -0.395 e. The Labute approximate surface area is 55.8 Å². The van der Waals surface area contributed by atoms with E-state index in [2.05, 4.69) is 0 Å². The summed E-state index contributed by atoms with van der Waals surface area (Å²) < 4.78 is 4.97. The third kappa shape index (κ3) is 2.79. The molecule has 0 saturated carbocycles. The number of aliphatic hydroxyl groups is 1. The van der Waals surface area contributed by atoms with Crippen LogP contribution in [0.2, 0.25) is 0 Å². The average Bonchev–Trinajstić information content (AvgIpc) is 1.90. The molecule has 0 aliphatic carbocycles. The maximum absolute atomic E-state index is 8.56. The molecule has 0 saturated heterocycles. The van der Waals surface area contributed by atoms with Gasteiger partial charge in [0.25, 0.3) is 0 Å². The van der Waals surface area contributed by atoms with E-state index in [1.54, 1.807) is 7.11 Å². The fraction of sp³-hybridized carbons (Fsp3) is 1.00. The molecule has 3 heteroatoms. The number of hydrogen-bond donors (Lipinski definition) is 2. The van der Waals surface area contributed by atoms with Gasteiger partial charge in [-0.1, -0.05) is 6.92 Å². The monoisotopic (exact) mass is 133 g/mol. The maximum atomic E-state index is 8.56. The second kappa shape index (κ2) is 4.73. The highest BCUT2D eigenvalue weighted by Gasteiger charge is 2.12. The lowest BCUT2D eigenvalue weighted by Crippen LogP contribution is -2.38. The van der Waals surface area contributed by atoms with Gasteiger partial charge in [-0.3, -0.25) is 0 Å². The molecule has 3 nitrogen and oxygen atoms in total. The summed E-state index contributed by atoms with van der Waals surface area (Å²) in [4.78, 5) is 0. The van der Waals surface area contributed by atoms with E-state index in [-0.39, 0.29) is 18.8 Å². The molecule has 3 N–H and O–H groups in total. The fourth-order valence-electron chi connectivity index (χ4n) is 0.762. The molecule has 9 heavy (non-hydrogen) atoms. The summed E-state index contributed by atoms with van der Waals surface area (Å²) in [7, 11) is 1.60. The summed E-state index contributed by atoms with van der Waals surface area (Å²) in [5, 5.41) is 8.56. The van der Waals surface area contributed by atoms with Gasteiger partial charge in [0.1, 0.15) is 0 Å². The molecule has 0 aromatic heterocycles. The van der Waals surface area contributed by atoms with Gasteiger partial charge in [0.05, 0.1) is 18.8 Å². The summed E-state index contributed by atoms with van der Waals surface area (Å²) in [6.45, 7) is 1.97. The van der Waals surface area contributed by atoms with Gasteiger partial charge in [0, 0.05) is 7.11 Å². The fourth-order valence-corrected chi connectivity index (χ4v) is 0.762. The van der Waals surface area contributed by atoms with Crippen LogP contribution in [0.4, 0.5) is 0 Å². The van der Waals surface area contributed by atoms with E-state index in [0.29, 0.717) is 0 Å². The van der Waals surface area contributed by atoms with E-state index >= 15 is 0 Å². The summed E-state index contributed by atoms with van der Waals surface area (Å²) in [5.41, 5.74) is 5.46. The minimum absolute atomic E-state index is 0.00463. The third-order valence-electron chi connectivity index (χ3n) is 1.39. The molecule has 0 fully saturated rings. The van der Waals surface area contributed by atoms with Gasteiger partial charge in [0.2, 0.25) is 0 Å². The first-order chi connectivity index (χ1) is 4.26. The zero-order chi connectivity index (χ0) is 7.28. The van der Waals surface area contributed by atoms with Crippen LogP contribution in [-0.4, -0.2) is 31.0 Å². The van der Waals surface area contributed by atoms with Gasteiger partial charge in [0.15, 0.2) is 0 Å². The number of ether oxygens (including phenoxy) is 1. The van der Waals surface area contributed by atoms with Crippen molar-refractivity contribution in [3.05, 3.63) is 0 Å². The van der Waals surface area contributed by atoms with E-state index in [4.69, 9.17) is 15.6 Å². The molecule has 0 aromatic carbocycles. The van der Waals surface area contributed by atoms with Crippen molar-refractivity contribution in [2.45, 2.75) is 25.5 Å². The lowest BCUT2D eigenvalue weighted by atomic mass is 10.1. The number of methoxy groups -OCH3 is 1. The molecule has 0 rings (SSSR count). The SMILES string of the molecule is CCC(OC)C(N)CO. The lowest BCUT2D eigenvalue weighted by Gasteiger charge is -2.18. The highest BCUT2D eigenvalue weighted by atomic mass is 16.5. The summed E-state index contributed by atoms with van der Waals surface area (Å²) in [6, 6.07) is -0.236. The highest BCUT2D eigenvalue weighted by molar-refractivity contribution is 4.69. The van der Waals surface area contributed by atoms with Gasteiger partial charge in [-0.05, 0) is 6.42 Å². The Balaban J connectivity index is 3.50. The second-order valence-electron chi connectivity index (χ2n) is 2.03. The highest BCUT2D eigenvalue weighted by Crippen LogP contribution is 1.98. The van der Waals surface area contributed by atoms with E-state index in [0.717, 1.165) is 6.42 Å². The van der Waals surface area contributed by atoms with Crippen molar-refractivity contribution in [1.29, 1.82) is 0 Å². The van der Waals surface area contributed by atoms with Crippen LogP contribution in [0.5, 0.6) is 0 Å². The Morgan fingerprint density at radius 1 is 1.67 bits per heavy atom. The van der Waals surface area contributed by atoms with Gasteiger partial charge in [-0.15, -0.1) is 0 Å². The Morgan fingerprint density at radius 2 is 2.22 bits per heavy atom. The first kappa shape index (κ1) is 8.88. The predicted octanol–water partition coefficient (Wildman–Crippen LogP) is -0.269. The number of hydrogen-bond acceptors (Lipinski definition) is 3. The van der Waals surface area contributed by atoms with Crippen LogP contribution in [0.15, 0.2) is 0 Å². The maximum Gasteiger partial charge on any atom is 0.0742 e. The second-order valence-corrected chi connectivity index (χ2v) is 2.03. The van der Waals surface area contributed by atoms with Gasteiger partial charge >= 0.3 is 0 Å². The van der Waals surface area contributed by atoms with Crippen molar-refractivity contribution in [3.63, 3.8) is 0 Å². The topological polar surface area (TPSA) is 55.5 Å². The molecule has 0 bridgehead atoms. The summed E-state index contributed by atoms with van der Waals surface area (Å²) >= 11 is 0. The number of aliphatic hydroxyl groups excluding tert-OH is 1. The summed E-state index contributed by atoms with van der Waals surface area (Å²) in [6.07, 6.45) is 0.841. The smallest absolute Gasteiger partial charge is 0.0742 e. The molecular formula is C6H15NO2. The Kier molecular flexibility index (Phi) is 4.67. The zero-order valence-corrected chi connectivity index (χ0v) is 6.00. The normalized spacial score (nSPS) is 17.3. The molecule has 0 spiro atoms. The van der Waals surface area contributed by atoms with Crippen molar-refractivity contribution >= 4 is 0 Å². The van der Waals surface area contributed by atoms with Crippen LogP contribution in [-0.2, 0) is 4.74 Å². The average molecular weight is 133 g/mol. The molecule has 0 aromatic rings. The third-order valence-corrected chi connectivity index (χ3v) is 1.39. The molecule has 0 amide bonds. The zero-order valence-electron chi connectivity index (χ0n) is 6.00. The van der Waals surface area contributed by atoms with Crippen molar-refractivity contribution in [1.82, 2.24) is 0 Å². The molecule has 0 radical (unpaired) electrons. The van der Waals surface area contributed by atoms with Crippen molar-refractivity contribution in [2.24, 2.45) is 5.73 Å². The largest absolute Gasteiger partial charge is 0.395 e. The van der Waals surface area contributed by atoms with Crippen molar-refractivity contribution in [2.75, 3.05) is 13.7 Å². The van der Waals surface area contributed by atoms with Crippen LogP contribution < -0.4 is 5.73 Å². The lowest BCUT2D eigenvalue weighted by molar-refractivity contribution is 0.0570. The standard InChI is InChI=1S/C6H15NO2/c1-3-6(9-2)5(7)4-8/h5-6,8H,3-4,7H2,1-2H3. The first-order valence-corrected chi connectivity index (χ1v) is 3.15. The van der Waals surface area contributed by atoms with E-state index < -0.39 is 0 Å². The number of rotatable bonds is 4. The Morgan fingerprint density at radius 3 is 2.33 bits per heavy atom. The summed E-state index contributed by atoms with van der Waals surface area (Å²) in [5.74, 6) is 0. The van der Waals surface area contributed by atoms with Gasteiger partial charge in [-0.25, -0.2) is 0 Å². The minimum atomic E-state index is -0.236. The van der Waals surface area contributed by atoms with Crippen LogP contribution in [0.1, 0.15) is 13.3 Å². The molecule has 2 unspecified atom stereocenters. The molecular weight excluding hydrogens is 118 g/mol. The van der Waals surface area contributed by atoms with Crippen LogP contribution in [0.3, 0.4) is 0 Å². The quantitative estimate of drug-likeness (QED) is 0.555. The van der Waals surface area contributed by atoms with E-state index in [1.807, 2.05) is 6.92 Å². The predicted molar refractivity (Wildman–Crippen MR) is 36.1 cm³/mol. The molecule has 2 atom stereocenters. The van der Waals surface area contributed by atoms with Gasteiger partial charge < -0.3 is 15.6 Å².